The van der Waals surface area contributed by atoms with Crippen molar-refractivity contribution >= 4 is 5.78 Å². The zero-order valence-electron chi connectivity index (χ0n) is 10.7. The second-order valence-electron chi connectivity index (χ2n) is 4.94. The van der Waals surface area contributed by atoms with Crippen LogP contribution < -0.4 is 10.5 Å². The van der Waals surface area contributed by atoms with Crippen LogP contribution in [-0.2, 0) is 4.74 Å². The predicted octanol–water partition coefficient (Wildman–Crippen LogP) is 2.13. The number of ether oxygens (including phenoxy) is 2. The predicted molar refractivity (Wildman–Crippen MR) is 64.4 cm³/mol. The lowest BCUT2D eigenvalue weighted by Gasteiger charge is -2.25. The first kappa shape index (κ1) is 14.8. The van der Waals surface area contributed by atoms with E-state index in [2.05, 4.69) is 4.74 Å². The molecule has 0 aliphatic carbocycles. The van der Waals surface area contributed by atoms with E-state index in [0.29, 0.717) is 0 Å². The van der Waals surface area contributed by atoms with Crippen LogP contribution in [0.4, 0.5) is 13.2 Å². The Bertz CT molecular complexity index is 518. The van der Waals surface area contributed by atoms with Crippen molar-refractivity contribution in [1.29, 1.82) is 0 Å². The number of carbonyl (C=O) groups is 1. The molecule has 1 heterocycles. The molecule has 1 saturated heterocycles. The number of Topliss-reactive ketones (excluding diaryl/α,β-unsaturated/α-hetero) is 1. The van der Waals surface area contributed by atoms with Crippen LogP contribution in [0.25, 0.3) is 0 Å². The van der Waals surface area contributed by atoms with E-state index in [9.17, 15) is 18.0 Å². The molecular weight excluding hydrogens is 275 g/mol. The summed E-state index contributed by atoms with van der Waals surface area (Å²) in [4.78, 5) is 12.4. The minimum absolute atomic E-state index is 0.121. The van der Waals surface area contributed by atoms with Gasteiger partial charge in [0.25, 0.3) is 0 Å². The molecule has 0 saturated carbocycles. The maximum absolute atomic E-state index is 12.4. The summed E-state index contributed by atoms with van der Waals surface area (Å²) in [7, 11) is 0. The number of carbonyl (C=O) groups excluding carboxylic acids is 1. The number of halogens is 3. The fraction of sp³-hybridized carbons (Fsp3) is 0.462. The molecule has 2 unspecified atom stereocenters. The van der Waals surface area contributed by atoms with E-state index in [1.165, 1.54) is 12.1 Å². The largest absolute Gasteiger partial charge is 0.573 e. The second kappa shape index (κ2) is 5.06. The molecule has 1 aromatic carbocycles. The summed E-state index contributed by atoms with van der Waals surface area (Å²) in [6, 6.07) is 4.48. The third-order valence-electron chi connectivity index (χ3n) is 3.37. The Morgan fingerprint density at radius 3 is 2.75 bits per heavy atom. The molecule has 7 heteroatoms. The third-order valence-corrected chi connectivity index (χ3v) is 3.37. The van der Waals surface area contributed by atoms with Crippen molar-refractivity contribution in [3.05, 3.63) is 29.8 Å². The van der Waals surface area contributed by atoms with Crippen molar-refractivity contribution in [2.45, 2.75) is 19.3 Å². The first-order chi connectivity index (χ1) is 9.22. The van der Waals surface area contributed by atoms with Crippen LogP contribution in [0.5, 0.6) is 5.75 Å². The summed E-state index contributed by atoms with van der Waals surface area (Å²) >= 11 is 0. The zero-order chi connectivity index (χ0) is 15.0. The average Bonchev–Trinajstić information content (AvgIpc) is 2.68. The highest BCUT2D eigenvalue weighted by molar-refractivity contribution is 6.01. The van der Waals surface area contributed by atoms with E-state index in [0.717, 1.165) is 12.1 Å². The van der Waals surface area contributed by atoms with Gasteiger partial charge < -0.3 is 15.2 Å². The van der Waals surface area contributed by atoms with Gasteiger partial charge in [0, 0.05) is 11.6 Å². The number of benzene rings is 1. The number of ketones is 1. The third kappa shape index (κ3) is 2.94. The smallest absolute Gasteiger partial charge is 0.406 e. The van der Waals surface area contributed by atoms with E-state index in [-0.39, 0.29) is 24.6 Å². The van der Waals surface area contributed by atoms with Gasteiger partial charge in [-0.15, -0.1) is 13.2 Å². The minimum Gasteiger partial charge on any atom is -0.406 e. The normalized spacial score (nSPS) is 26.6. The van der Waals surface area contributed by atoms with Crippen LogP contribution in [0.3, 0.4) is 0 Å². The van der Waals surface area contributed by atoms with Crippen molar-refractivity contribution in [3.8, 4) is 5.75 Å². The van der Waals surface area contributed by atoms with Gasteiger partial charge in [0.15, 0.2) is 5.78 Å². The summed E-state index contributed by atoms with van der Waals surface area (Å²) in [5.74, 6) is -0.783. The van der Waals surface area contributed by atoms with Crippen molar-refractivity contribution in [1.82, 2.24) is 0 Å². The molecule has 0 amide bonds. The summed E-state index contributed by atoms with van der Waals surface area (Å²) in [6.45, 7) is 2.04. The number of hydrogen-bond donors (Lipinski definition) is 1. The molecule has 2 N–H and O–H groups in total. The number of rotatable bonds is 3. The van der Waals surface area contributed by atoms with Crippen molar-refractivity contribution < 1.29 is 27.4 Å². The highest BCUT2D eigenvalue weighted by Crippen LogP contribution is 2.32. The number of nitrogens with two attached hydrogens (primary N) is 1. The Morgan fingerprint density at radius 2 is 2.20 bits per heavy atom. The molecule has 1 fully saturated rings. The van der Waals surface area contributed by atoms with Crippen LogP contribution in [-0.4, -0.2) is 31.4 Å². The Balaban J connectivity index is 2.25. The van der Waals surface area contributed by atoms with Gasteiger partial charge in [-0.25, -0.2) is 0 Å². The van der Waals surface area contributed by atoms with Crippen LogP contribution in [0.15, 0.2) is 24.3 Å². The molecule has 0 radical (unpaired) electrons. The van der Waals surface area contributed by atoms with Gasteiger partial charge in [0.1, 0.15) is 5.75 Å². The fourth-order valence-corrected chi connectivity index (χ4v) is 2.09. The van der Waals surface area contributed by atoms with Gasteiger partial charge in [-0.05, 0) is 19.1 Å². The molecule has 2 rings (SSSR count). The van der Waals surface area contributed by atoms with E-state index in [1.807, 2.05) is 0 Å². The van der Waals surface area contributed by atoms with Gasteiger partial charge in [-0.3, -0.25) is 4.79 Å². The number of alkyl halides is 3. The molecule has 1 aromatic rings. The van der Waals surface area contributed by atoms with Gasteiger partial charge in [0.2, 0.25) is 0 Å². The highest BCUT2D eigenvalue weighted by atomic mass is 19.4. The summed E-state index contributed by atoms with van der Waals surface area (Å²) < 4.78 is 45.5. The molecule has 0 aromatic heterocycles. The molecule has 20 heavy (non-hydrogen) atoms. The molecule has 0 bridgehead atoms. The standard InChI is InChI=1S/C13H14F3NO3/c1-12(7-19-6-10(12)17)11(18)8-3-2-4-9(5-8)20-13(14,15)16/h2-5,10H,6-7,17H2,1H3. The molecule has 1 aliphatic heterocycles. The molecule has 0 spiro atoms. The van der Waals surface area contributed by atoms with Crippen LogP contribution in [0.2, 0.25) is 0 Å². The van der Waals surface area contributed by atoms with Crippen LogP contribution in [0.1, 0.15) is 17.3 Å². The first-order valence-electron chi connectivity index (χ1n) is 5.96. The van der Waals surface area contributed by atoms with Gasteiger partial charge in [-0.2, -0.15) is 0 Å². The maximum Gasteiger partial charge on any atom is 0.573 e. The molecule has 4 nitrogen and oxygen atoms in total. The monoisotopic (exact) mass is 289 g/mol. The summed E-state index contributed by atoms with van der Waals surface area (Å²) in [5.41, 5.74) is 5.02. The molecule has 1 aliphatic rings. The van der Waals surface area contributed by atoms with Gasteiger partial charge in [-0.1, -0.05) is 12.1 Å². The number of hydrogen-bond acceptors (Lipinski definition) is 4. The van der Waals surface area contributed by atoms with E-state index in [4.69, 9.17) is 10.5 Å². The lowest BCUT2D eigenvalue weighted by atomic mass is 9.78. The Hall–Kier alpha value is -1.60. The summed E-state index contributed by atoms with van der Waals surface area (Å²) in [5, 5.41) is 0. The topological polar surface area (TPSA) is 61.5 Å². The van der Waals surface area contributed by atoms with Crippen LogP contribution in [0, 0.1) is 5.41 Å². The van der Waals surface area contributed by atoms with E-state index in [1.54, 1.807) is 6.92 Å². The highest BCUT2D eigenvalue weighted by Gasteiger charge is 2.44. The van der Waals surface area contributed by atoms with Crippen molar-refractivity contribution in [2.75, 3.05) is 13.2 Å². The second-order valence-corrected chi connectivity index (χ2v) is 4.94. The lowest BCUT2D eigenvalue weighted by Crippen LogP contribution is -2.44. The molecule has 110 valence electrons. The maximum atomic E-state index is 12.4. The summed E-state index contributed by atoms with van der Waals surface area (Å²) in [6.07, 6.45) is -4.79. The van der Waals surface area contributed by atoms with Crippen LogP contribution >= 0.6 is 0 Å². The lowest BCUT2D eigenvalue weighted by molar-refractivity contribution is -0.274. The van der Waals surface area contributed by atoms with E-state index < -0.39 is 23.6 Å². The van der Waals surface area contributed by atoms with Crippen molar-refractivity contribution in [2.24, 2.45) is 11.1 Å². The Kier molecular flexibility index (Phi) is 3.75. The Morgan fingerprint density at radius 1 is 1.50 bits per heavy atom. The SMILES string of the molecule is CC1(C(=O)c2cccc(OC(F)(F)F)c2)COCC1N. The Labute approximate surface area is 113 Å². The zero-order valence-corrected chi connectivity index (χ0v) is 10.7. The van der Waals surface area contributed by atoms with Crippen molar-refractivity contribution in [3.63, 3.8) is 0 Å². The van der Waals surface area contributed by atoms with Gasteiger partial charge >= 0.3 is 6.36 Å². The minimum atomic E-state index is -4.79. The average molecular weight is 289 g/mol. The van der Waals surface area contributed by atoms with Gasteiger partial charge in [0.05, 0.1) is 18.6 Å². The van der Waals surface area contributed by atoms with E-state index >= 15 is 0 Å². The fourth-order valence-electron chi connectivity index (χ4n) is 2.09. The molecule has 2 atom stereocenters. The quantitative estimate of drug-likeness (QED) is 0.866. The first-order valence-corrected chi connectivity index (χ1v) is 5.96. The molecular formula is C13H14F3NO3.